The molecule has 0 saturated carbocycles. The maximum absolute atomic E-state index is 12.2. The number of aromatic nitrogens is 1. The van der Waals surface area contributed by atoms with Crippen LogP contribution in [0.3, 0.4) is 0 Å². The van der Waals surface area contributed by atoms with Crippen LogP contribution >= 0.6 is 0 Å². The Labute approximate surface area is 112 Å². The van der Waals surface area contributed by atoms with Gasteiger partial charge in [0.2, 0.25) is 10.0 Å². The molecule has 0 aliphatic rings. The lowest BCUT2D eigenvalue weighted by Crippen LogP contribution is -2.24. The van der Waals surface area contributed by atoms with Gasteiger partial charge < -0.3 is 5.32 Å². The minimum atomic E-state index is -3.54. The van der Waals surface area contributed by atoms with Gasteiger partial charge in [-0.15, -0.1) is 0 Å². The topological polar surface area (TPSA) is 71.1 Å². The van der Waals surface area contributed by atoms with Crippen LogP contribution in [0.15, 0.2) is 53.7 Å². The van der Waals surface area contributed by atoms with Gasteiger partial charge in [0.25, 0.3) is 0 Å². The quantitative estimate of drug-likeness (QED) is 0.871. The van der Waals surface area contributed by atoms with Crippen LogP contribution in [0.25, 0.3) is 0 Å². The molecule has 0 fully saturated rings. The van der Waals surface area contributed by atoms with Crippen molar-refractivity contribution in [3.63, 3.8) is 0 Å². The van der Waals surface area contributed by atoms with Crippen LogP contribution < -0.4 is 10.0 Å². The smallest absolute Gasteiger partial charge is 0.242 e. The molecule has 100 valence electrons. The van der Waals surface area contributed by atoms with Gasteiger partial charge >= 0.3 is 0 Å². The molecule has 1 aromatic carbocycles. The van der Waals surface area contributed by atoms with Gasteiger partial charge in [-0.1, -0.05) is 18.2 Å². The second kappa shape index (κ2) is 5.81. The van der Waals surface area contributed by atoms with Gasteiger partial charge in [-0.3, -0.25) is 4.98 Å². The number of nitrogens with zero attached hydrogens (tertiary/aromatic N) is 1. The summed E-state index contributed by atoms with van der Waals surface area (Å²) in [6, 6.07) is 10.4. The number of anilines is 1. The Balaban J connectivity index is 2.19. The Morgan fingerprint density at radius 1 is 1.16 bits per heavy atom. The molecule has 0 saturated heterocycles. The minimum Gasteiger partial charge on any atom is -0.387 e. The average Bonchev–Trinajstić information content (AvgIpc) is 2.46. The van der Waals surface area contributed by atoms with Crippen molar-refractivity contribution >= 4 is 15.7 Å². The lowest BCUT2D eigenvalue weighted by Gasteiger charge is -2.10. The summed E-state index contributed by atoms with van der Waals surface area (Å²) in [5.74, 6) is 0. The number of benzene rings is 1. The second-order valence-electron chi connectivity index (χ2n) is 3.93. The Kier molecular flexibility index (Phi) is 4.13. The fourth-order valence-corrected chi connectivity index (χ4v) is 2.90. The third-order valence-electron chi connectivity index (χ3n) is 2.64. The summed E-state index contributed by atoms with van der Waals surface area (Å²) >= 11 is 0. The van der Waals surface area contributed by atoms with Gasteiger partial charge in [-0.25, -0.2) is 13.1 Å². The first kappa shape index (κ1) is 13.5. The summed E-state index contributed by atoms with van der Waals surface area (Å²) in [4.78, 5) is 4.18. The van der Waals surface area contributed by atoms with Crippen molar-refractivity contribution in [2.45, 2.75) is 11.4 Å². The molecule has 0 aliphatic carbocycles. The van der Waals surface area contributed by atoms with E-state index in [1.54, 1.807) is 49.8 Å². The molecule has 2 rings (SSSR count). The normalized spacial score (nSPS) is 11.2. The van der Waals surface area contributed by atoms with E-state index in [1.807, 2.05) is 6.07 Å². The molecule has 0 amide bonds. The lowest BCUT2D eigenvalue weighted by atomic mass is 10.3. The monoisotopic (exact) mass is 277 g/mol. The molecule has 5 nitrogen and oxygen atoms in total. The van der Waals surface area contributed by atoms with Crippen LogP contribution in [-0.2, 0) is 16.6 Å². The SMILES string of the molecule is CNc1ccccc1S(=O)(=O)NCc1cccnc1. The number of hydrogen-bond donors (Lipinski definition) is 2. The minimum absolute atomic E-state index is 0.216. The maximum atomic E-state index is 12.2. The average molecular weight is 277 g/mol. The van der Waals surface area contributed by atoms with Gasteiger partial charge in [0, 0.05) is 26.0 Å². The molecule has 2 aromatic rings. The number of hydrogen-bond acceptors (Lipinski definition) is 4. The van der Waals surface area contributed by atoms with Crippen molar-refractivity contribution in [1.82, 2.24) is 9.71 Å². The van der Waals surface area contributed by atoms with E-state index in [2.05, 4.69) is 15.0 Å². The molecule has 6 heteroatoms. The van der Waals surface area contributed by atoms with Crippen molar-refractivity contribution in [1.29, 1.82) is 0 Å². The molecule has 0 atom stereocenters. The van der Waals surface area contributed by atoms with Crippen LogP contribution in [-0.4, -0.2) is 20.4 Å². The van der Waals surface area contributed by atoms with Crippen LogP contribution in [0.5, 0.6) is 0 Å². The Morgan fingerprint density at radius 3 is 2.63 bits per heavy atom. The molecule has 2 N–H and O–H groups in total. The van der Waals surface area contributed by atoms with Crippen molar-refractivity contribution < 1.29 is 8.42 Å². The van der Waals surface area contributed by atoms with Crippen LogP contribution in [0.1, 0.15) is 5.56 Å². The summed E-state index contributed by atoms with van der Waals surface area (Å²) in [6.45, 7) is 0.216. The molecule has 0 radical (unpaired) electrons. The number of rotatable bonds is 5. The molecule has 19 heavy (non-hydrogen) atoms. The second-order valence-corrected chi connectivity index (χ2v) is 5.67. The van der Waals surface area contributed by atoms with Gasteiger partial charge in [0.15, 0.2) is 0 Å². The van der Waals surface area contributed by atoms with Crippen molar-refractivity contribution in [2.75, 3.05) is 12.4 Å². The predicted molar refractivity (Wildman–Crippen MR) is 74.3 cm³/mol. The highest BCUT2D eigenvalue weighted by atomic mass is 32.2. The van der Waals surface area contributed by atoms with Gasteiger partial charge in [0.1, 0.15) is 4.90 Å². The van der Waals surface area contributed by atoms with E-state index in [0.29, 0.717) is 5.69 Å². The summed E-state index contributed by atoms with van der Waals surface area (Å²) in [7, 11) is -1.85. The van der Waals surface area contributed by atoms with Crippen molar-refractivity contribution in [3.8, 4) is 0 Å². The highest BCUT2D eigenvalue weighted by molar-refractivity contribution is 7.89. The summed E-state index contributed by atoms with van der Waals surface area (Å²) in [5.41, 5.74) is 1.38. The van der Waals surface area contributed by atoms with Gasteiger partial charge in [-0.05, 0) is 23.8 Å². The van der Waals surface area contributed by atoms with E-state index in [4.69, 9.17) is 0 Å². The molecule has 1 aromatic heterocycles. The third kappa shape index (κ3) is 3.30. The summed E-state index contributed by atoms with van der Waals surface area (Å²) in [6.07, 6.45) is 3.28. The highest BCUT2D eigenvalue weighted by Gasteiger charge is 2.17. The van der Waals surface area contributed by atoms with E-state index in [-0.39, 0.29) is 11.4 Å². The maximum Gasteiger partial charge on any atom is 0.242 e. The molecular weight excluding hydrogens is 262 g/mol. The van der Waals surface area contributed by atoms with Crippen molar-refractivity contribution in [3.05, 3.63) is 54.4 Å². The molecule has 0 bridgehead atoms. The van der Waals surface area contributed by atoms with E-state index in [9.17, 15) is 8.42 Å². The number of sulfonamides is 1. The number of pyridine rings is 1. The Bertz CT molecular complexity index is 642. The highest BCUT2D eigenvalue weighted by Crippen LogP contribution is 2.19. The number of para-hydroxylation sites is 1. The largest absolute Gasteiger partial charge is 0.387 e. The van der Waals surface area contributed by atoms with Crippen molar-refractivity contribution in [2.24, 2.45) is 0 Å². The lowest BCUT2D eigenvalue weighted by molar-refractivity contribution is 0.581. The Morgan fingerprint density at radius 2 is 1.95 bits per heavy atom. The van der Waals surface area contributed by atoms with Gasteiger partial charge in [0.05, 0.1) is 5.69 Å². The summed E-state index contributed by atoms with van der Waals surface area (Å²) in [5, 5.41) is 2.87. The van der Waals surface area contributed by atoms with E-state index < -0.39 is 10.0 Å². The first-order valence-electron chi connectivity index (χ1n) is 5.79. The first-order valence-corrected chi connectivity index (χ1v) is 7.27. The molecule has 0 spiro atoms. The molecular formula is C13H15N3O2S. The number of nitrogens with one attached hydrogen (secondary N) is 2. The van der Waals surface area contributed by atoms with E-state index >= 15 is 0 Å². The fourth-order valence-electron chi connectivity index (χ4n) is 1.67. The van der Waals surface area contributed by atoms with Crippen LogP contribution in [0.2, 0.25) is 0 Å². The standard InChI is InChI=1S/C13H15N3O2S/c1-14-12-6-2-3-7-13(12)19(17,18)16-10-11-5-4-8-15-9-11/h2-9,14,16H,10H2,1H3. The Hall–Kier alpha value is -1.92. The third-order valence-corrected chi connectivity index (χ3v) is 4.09. The van der Waals surface area contributed by atoms with Crippen LogP contribution in [0, 0.1) is 0 Å². The molecule has 0 unspecified atom stereocenters. The van der Waals surface area contributed by atoms with E-state index in [0.717, 1.165) is 5.56 Å². The molecule has 0 aliphatic heterocycles. The van der Waals surface area contributed by atoms with E-state index in [1.165, 1.54) is 0 Å². The fraction of sp³-hybridized carbons (Fsp3) is 0.154. The van der Waals surface area contributed by atoms with Crippen LogP contribution in [0.4, 0.5) is 5.69 Å². The molecule has 1 heterocycles. The zero-order chi connectivity index (χ0) is 13.7. The van der Waals surface area contributed by atoms with Gasteiger partial charge in [-0.2, -0.15) is 0 Å². The zero-order valence-electron chi connectivity index (χ0n) is 10.5. The zero-order valence-corrected chi connectivity index (χ0v) is 11.3. The predicted octanol–water partition coefficient (Wildman–Crippen LogP) is 1.60. The first-order chi connectivity index (χ1) is 9.13. The summed E-state index contributed by atoms with van der Waals surface area (Å²) < 4.78 is 27.0.